The predicted molar refractivity (Wildman–Crippen MR) is 80.4 cm³/mol. The Labute approximate surface area is 145 Å². The third-order valence-electron chi connectivity index (χ3n) is 4.36. The standard InChI is InChI=1S/C14H13F3N2O6S/c1-6-2-7(25-26(23,24)14(15,16)17)3-8-9-4-19(13(21)22)5-10(9)18-12(20)11(6)8/h2-3,9-10H,4-5H2,1H3,(H,18,20)(H,21,22). The van der Waals surface area contributed by atoms with Crippen LogP contribution in [-0.4, -0.2) is 55.1 Å². The van der Waals surface area contributed by atoms with Gasteiger partial charge < -0.3 is 19.5 Å². The lowest BCUT2D eigenvalue weighted by molar-refractivity contribution is -0.0500. The van der Waals surface area contributed by atoms with Crippen molar-refractivity contribution >= 4 is 22.1 Å². The van der Waals surface area contributed by atoms with E-state index >= 15 is 0 Å². The Morgan fingerprint density at radius 3 is 2.58 bits per heavy atom. The number of rotatable bonds is 2. The van der Waals surface area contributed by atoms with Gasteiger partial charge in [-0.2, -0.15) is 21.6 Å². The van der Waals surface area contributed by atoms with Crippen LogP contribution < -0.4 is 9.50 Å². The van der Waals surface area contributed by atoms with Gasteiger partial charge in [0.25, 0.3) is 5.91 Å². The van der Waals surface area contributed by atoms with Crippen LogP contribution in [0.3, 0.4) is 0 Å². The molecular weight excluding hydrogens is 381 g/mol. The summed E-state index contributed by atoms with van der Waals surface area (Å²) in [5.41, 5.74) is -4.94. The molecule has 0 bridgehead atoms. The van der Waals surface area contributed by atoms with Gasteiger partial charge >= 0.3 is 21.7 Å². The predicted octanol–water partition coefficient (Wildman–Crippen LogP) is 1.41. The molecule has 2 N–H and O–H groups in total. The van der Waals surface area contributed by atoms with E-state index in [1.54, 1.807) is 0 Å². The van der Waals surface area contributed by atoms with Crippen molar-refractivity contribution in [3.63, 3.8) is 0 Å². The summed E-state index contributed by atoms with van der Waals surface area (Å²) in [6.45, 7) is 1.47. The second-order valence-electron chi connectivity index (χ2n) is 6.06. The van der Waals surface area contributed by atoms with Crippen LogP contribution >= 0.6 is 0 Å². The number of hydrogen-bond acceptors (Lipinski definition) is 5. The van der Waals surface area contributed by atoms with E-state index in [0.717, 1.165) is 17.0 Å². The molecule has 2 heterocycles. The van der Waals surface area contributed by atoms with Crippen LogP contribution in [0.1, 0.15) is 27.4 Å². The molecule has 1 aromatic carbocycles. The van der Waals surface area contributed by atoms with Crippen molar-refractivity contribution in [2.24, 2.45) is 0 Å². The maximum atomic E-state index is 12.5. The highest BCUT2D eigenvalue weighted by atomic mass is 32.2. The zero-order valence-electron chi connectivity index (χ0n) is 13.2. The summed E-state index contributed by atoms with van der Waals surface area (Å²) in [6, 6.07) is 1.51. The zero-order valence-corrected chi connectivity index (χ0v) is 14.0. The highest BCUT2D eigenvalue weighted by Gasteiger charge is 2.49. The molecule has 2 unspecified atom stereocenters. The Morgan fingerprint density at radius 2 is 2.00 bits per heavy atom. The fraction of sp³-hybridized carbons (Fsp3) is 0.429. The number of carbonyl (C=O) groups is 2. The van der Waals surface area contributed by atoms with E-state index in [-0.39, 0.29) is 29.8 Å². The van der Waals surface area contributed by atoms with E-state index in [1.165, 1.54) is 6.92 Å². The maximum Gasteiger partial charge on any atom is 0.534 e. The second kappa shape index (κ2) is 5.76. The molecule has 0 spiro atoms. The van der Waals surface area contributed by atoms with Crippen molar-refractivity contribution in [3.8, 4) is 5.75 Å². The zero-order chi connectivity index (χ0) is 19.4. The molecule has 2 atom stereocenters. The number of aryl methyl sites for hydroxylation is 1. The summed E-state index contributed by atoms with van der Waals surface area (Å²) in [6.07, 6.45) is -1.20. The quantitative estimate of drug-likeness (QED) is 0.579. The second-order valence-corrected chi connectivity index (χ2v) is 7.60. The lowest BCUT2D eigenvalue weighted by Crippen LogP contribution is -2.44. The largest absolute Gasteiger partial charge is 0.534 e. The third kappa shape index (κ3) is 2.93. The first-order valence-corrected chi connectivity index (χ1v) is 8.75. The number of likely N-dealkylation sites (tertiary alicyclic amines) is 1. The number of alkyl halides is 3. The smallest absolute Gasteiger partial charge is 0.465 e. The van der Waals surface area contributed by atoms with Gasteiger partial charge in [0.1, 0.15) is 5.75 Å². The van der Waals surface area contributed by atoms with Crippen LogP contribution in [0, 0.1) is 6.92 Å². The Balaban J connectivity index is 2.03. The molecule has 3 rings (SSSR count). The number of nitrogens with one attached hydrogen (secondary N) is 1. The molecule has 26 heavy (non-hydrogen) atoms. The van der Waals surface area contributed by atoms with E-state index in [9.17, 15) is 31.2 Å². The molecule has 0 aliphatic carbocycles. The molecule has 2 aliphatic rings. The van der Waals surface area contributed by atoms with Gasteiger partial charge in [-0.1, -0.05) is 0 Å². The SMILES string of the molecule is Cc1cc(OS(=O)(=O)C(F)(F)F)cc2c1C(=O)NC1CN(C(=O)O)CC21. The van der Waals surface area contributed by atoms with Crippen molar-refractivity contribution in [2.75, 3.05) is 13.1 Å². The van der Waals surface area contributed by atoms with Crippen LogP contribution in [0.15, 0.2) is 12.1 Å². The van der Waals surface area contributed by atoms with Gasteiger partial charge in [-0.15, -0.1) is 0 Å². The number of halogens is 3. The Morgan fingerprint density at radius 1 is 1.35 bits per heavy atom. The molecule has 142 valence electrons. The van der Waals surface area contributed by atoms with Crippen LogP contribution in [0.4, 0.5) is 18.0 Å². The number of carbonyl (C=O) groups excluding carboxylic acids is 1. The molecule has 12 heteroatoms. The van der Waals surface area contributed by atoms with E-state index in [2.05, 4.69) is 9.50 Å². The van der Waals surface area contributed by atoms with Crippen LogP contribution in [-0.2, 0) is 10.1 Å². The number of nitrogens with zero attached hydrogens (tertiary/aromatic N) is 1. The molecule has 0 aromatic heterocycles. The molecule has 2 aliphatic heterocycles. The number of benzene rings is 1. The summed E-state index contributed by atoms with van der Waals surface area (Å²) in [5, 5.41) is 11.8. The average Bonchev–Trinajstić information content (AvgIpc) is 2.89. The van der Waals surface area contributed by atoms with E-state index < -0.39 is 45.3 Å². The van der Waals surface area contributed by atoms with Gasteiger partial charge in [0.2, 0.25) is 0 Å². The van der Waals surface area contributed by atoms with E-state index in [4.69, 9.17) is 5.11 Å². The van der Waals surface area contributed by atoms with Crippen LogP contribution in [0.2, 0.25) is 0 Å². The molecule has 0 saturated carbocycles. The number of amides is 2. The number of hydrogen-bond donors (Lipinski definition) is 2. The molecule has 0 radical (unpaired) electrons. The first-order chi connectivity index (χ1) is 11.9. The minimum absolute atomic E-state index is 0.0161. The van der Waals surface area contributed by atoms with Gasteiger partial charge in [0.05, 0.1) is 6.04 Å². The molecular formula is C14H13F3N2O6S. The number of fused-ring (bicyclic) bond motifs is 3. The maximum absolute atomic E-state index is 12.5. The van der Waals surface area contributed by atoms with Gasteiger partial charge in [-0.25, -0.2) is 4.79 Å². The van der Waals surface area contributed by atoms with Gasteiger partial charge in [0, 0.05) is 24.6 Å². The van der Waals surface area contributed by atoms with Gasteiger partial charge in [-0.3, -0.25) is 4.79 Å². The number of carboxylic acid groups (broad SMARTS) is 1. The van der Waals surface area contributed by atoms with E-state index in [0.29, 0.717) is 0 Å². The minimum Gasteiger partial charge on any atom is -0.465 e. The molecule has 1 fully saturated rings. The average molecular weight is 394 g/mol. The third-order valence-corrected chi connectivity index (χ3v) is 5.34. The van der Waals surface area contributed by atoms with Crippen molar-refractivity contribution in [1.29, 1.82) is 0 Å². The van der Waals surface area contributed by atoms with Crippen LogP contribution in [0.5, 0.6) is 5.75 Å². The fourth-order valence-electron chi connectivity index (χ4n) is 3.27. The normalized spacial score (nSPS) is 22.5. The first-order valence-electron chi connectivity index (χ1n) is 7.34. The van der Waals surface area contributed by atoms with Crippen molar-refractivity contribution in [2.45, 2.75) is 24.4 Å². The van der Waals surface area contributed by atoms with Gasteiger partial charge in [0.15, 0.2) is 0 Å². The molecule has 8 nitrogen and oxygen atoms in total. The summed E-state index contributed by atoms with van der Waals surface area (Å²) in [4.78, 5) is 24.5. The molecule has 2 amide bonds. The lowest BCUT2D eigenvalue weighted by atomic mass is 9.84. The van der Waals surface area contributed by atoms with Crippen LogP contribution in [0.25, 0.3) is 0 Å². The van der Waals surface area contributed by atoms with Crippen molar-refractivity contribution in [3.05, 3.63) is 28.8 Å². The summed E-state index contributed by atoms with van der Waals surface area (Å²) >= 11 is 0. The minimum atomic E-state index is -5.86. The lowest BCUT2D eigenvalue weighted by Gasteiger charge is -2.29. The Kier molecular flexibility index (Phi) is 4.05. The highest BCUT2D eigenvalue weighted by molar-refractivity contribution is 7.88. The highest BCUT2D eigenvalue weighted by Crippen LogP contribution is 2.38. The van der Waals surface area contributed by atoms with Crippen molar-refractivity contribution in [1.82, 2.24) is 10.2 Å². The topological polar surface area (TPSA) is 113 Å². The molecule has 1 aromatic rings. The van der Waals surface area contributed by atoms with E-state index in [1.807, 2.05) is 0 Å². The first kappa shape index (κ1) is 18.3. The summed E-state index contributed by atoms with van der Waals surface area (Å²) in [5.74, 6) is -1.60. The molecule has 1 saturated heterocycles. The Hall–Kier alpha value is -2.50. The summed E-state index contributed by atoms with van der Waals surface area (Å²) < 4.78 is 64.2. The monoisotopic (exact) mass is 394 g/mol. The Bertz CT molecular complexity index is 899. The van der Waals surface area contributed by atoms with Crippen molar-refractivity contribution < 1.29 is 40.5 Å². The summed E-state index contributed by atoms with van der Waals surface area (Å²) in [7, 11) is -5.86. The fourth-order valence-corrected chi connectivity index (χ4v) is 3.71. The van der Waals surface area contributed by atoms with Gasteiger partial charge in [-0.05, 0) is 30.2 Å².